The molecule has 0 saturated heterocycles. The fraction of sp³-hybridized carbons (Fsp3) is 0.350. The maximum atomic E-state index is 10.7. The number of nitrogens with zero attached hydrogens (tertiary/aromatic N) is 2. The van der Waals surface area contributed by atoms with Gasteiger partial charge in [-0.3, -0.25) is 0 Å². The fourth-order valence-electron chi connectivity index (χ4n) is 3.40. The lowest BCUT2D eigenvalue weighted by Gasteiger charge is -2.23. The highest BCUT2D eigenvalue weighted by molar-refractivity contribution is 5.42. The summed E-state index contributed by atoms with van der Waals surface area (Å²) >= 11 is 0. The Balaban J connectivity index is 1.41. The molecule has 1 aliphatic carbocycles. The normalized spacial score (nSPS) is 17.1. The van der Waals surface area contributed by atoms with E-state index in [2.05, 4.69) is 40.0 Å². The third-order valence-corrected chi connectivity index (χ3v) is 5.12. The topological polar surface area (TPSA) is 49.6 Å². The molecule has 0 aliphatic heterocycles. The summed E-state index contributed by atoms with van der Waals surface area (Å²) in [6, 6.07) is 14.2. The number of aromatic nitrogens is 2. The van der Waals surface area contributed by atoms with E-state index in [0.717, 1.165) is 42.8 Å². The van der Waals surface area contributed by atoms with Gasteiger partial charge in [0.2, 0.25) is 0 Å². The number of aliphatic hydroxyl groups is 1. The molecule has 0 bridgehead atoms. The number of pyridine rings is 1. The van der Waals surface area contributed by atoms with Crippen molar-refractivity contribution in [3.8, 4) is 0 Å². The number of hydrogen-bond donors (Lipinski definition) is 2. The Morgan fingerprint density at radius 2 is 2.04 bits per heavy atom. The Morgan fingerprint density at radius 1 is 1.25 bits per heavy atom. The van der Waals surface area contributed by atoms with Crippen LogP contribution in [0.5, 0.6) is 0 Å². The monoisotopic (exact) mass is 321 g/mol. The molecule has 24 heavy (non-hydrogen) atoms. The SMILES string of the molecule is Cc1ccn2c(CNCC3(C(O)c4ccccc4)CC3)cnc2c1. The van der Waals surface area contributed by atoms with Crippen molar-refractivity contribution < 1.29 is 5.11 Å². The molecule has 2 aromatic heterocycles. The number of aliphatic hydroxyl groups excluding tert-OH is 1. The van der Waals surface area contributed by atoms with Gasteiger partial charge in [-0.1, -0.05) is 30.3 Å². The van der Waals surface area contributed by atoms with Crippen molar-refractivity contribution in [2.75, 3.05) is 6.54 Å². The Hall–Kier alpha value is -2.17. The minimum atomic E-state index is -0.393. The molecule has 2 N–H and O–H groups in total. The van der Waals surface area contributed by atoms with Crippen LogP contribution in [-0.2, 0) is 6.54 Å². The number of fused-ring (bicyclic) bond motifs is 1. The summed E-state index contributed by atoms with van der Waals surface area (Å²) in [7, 11) is 0. The van der Waals surface area contributed by atoms with Crippen LogP contribution in [0.15, 0.2) is 54.9 Å². The molecular weight excluding hydrogens is 298 g/mol. The molecule has 2 heterocycles. The largest absolute Gasteiger partial charge is 0.388 e. The van der Waals surface area contributed by atoms with E-state index in [1.807, 2.05) is 36.5 Å². The molecule has 0 amide bonds. The van der Waals surface area contributed by atoms with E-state index < -0.39 is 6.10 Å². The van der Waals surface area contributed by atoms with Crippen LogP contribution in [-0.4, -0.2) is 21.0 Å². The van der Waals surface area contributed by atoms with E-state index in [1.54, 1.807) is 0 Å². The zero-order valence-electron chi connectivity index (χ0n) is 13.9. The van der Waals surface area contributed by atoms with Crippen LogP contribution in [0.1, 0.15) is 35.8 Å². The average Bonchev–Trinajstić information content (AvgIpc) is 3.30. The molecule has 4 nitrogen and oxygen atoms in total. The second-order valence-electron chi connectivity index (χ2n) is 6.96. The van der Waals surface area contributed by atoms with E-state index in [0.29, 0.717) is 0 Å². The number of hydrogen-bond acceptors (Lipinski definition) is 3. The van der Waals surface area contributed by atoms with E-state index in [1.165, 1.54) is 5.56 Å². The molecule has 4 heteroatoms. The number of benzene rings is 1. The Bertz CT molecular complexity index is 836. The van der Waals surface area contributed by atoms with Crippen molar-refractivity contribution in [1.82, 2.24) is 14.7 Å². The fourth-order valence-corrected chi connectivity index (χ4v) is 3.40. The van der Waals surface area contributed by atoms with E-state index in [9.17, 15) is 5.11 Å². The minimum absolute atomic E-state index is 0.0154. The number of rotatable bonds is 6. The van der Waals surface area contributed by atoms with Gasteiger partial charge >= 0.3 is 0 Å². The van der Waals surface area contributed by atoms with Crippen molar-refractivity contribution in [1.29, 1.82) is 0 Å². The van der Waals surface area contributed by atoms with Crippen LogP contribution in [0, 0.1) is 12.3 Å². The second kappa shape index (κ2) is 6.04. The van der Waals surface area contributed by atoms with Gasteiger partial charge in [0.05, 0.1) is 18.0 Å². The summed E-state index contributed by atoms with van der Waals surface area (Å²) in [6.07, 6.45) is 5.75. The number of nitrogens with one attached hydrogen (secondary N) is 1. The molecule has 1 atom stereocenters. The highest BCUT2D eigenvalue weighted by atomic mass is 16.3. The molecule has 0 spiro atoms. The number of imidazole rings is 1. The summed E-state index contributed by atoms with van der Waals surface area (Å²) < 4.78 is 2.12. The third kappa shape index (κ3) is 2.83. The molecule has 124 valence electrons. The van der Waals surface area contributed by atoms with Crippen molar-refractivity contribution in [2.45, 2.75) is 32.4 Å². The van der Waals surface area contributed by atoms with Gasteiger partial charge in [-0.05, 0) is 43.0 Å². The van der Waals surface area contributed by atoms with Gasteiger partial charge in [0.15, 0.2) is 0 Å². The van der Waals surface area contributed by atoms with Crippen molar-refractivity contribution >= 4 is 5.65 Å². The molecule has 1 saturated carbocycles. The highest BCUT2D eigenvalue weighted by Crippen LogP contribution is 2.54. The van der Waals surface area contributed by atoms with Crippen LogP contribution in [0.3, 0.4) is 0 Å². The van der Waals surface area contributed by atoms with Crippen LogP contribution in [0.25, 0.3) is 5.65 Å². The summed E-state index contributed by atoms with van der Waals surface area (Å²) in [5.74, 6) is 0. The van der Waals surface area contributed by atoms with Gasteiger partial charge < -0.3 is 14.8 Å². The quantitative estimate of drug-likeness (QED) is 0.733. The average molecular weight is 321 g/mol. The first-order chi connectivity index (χ1) is 11.7. The van der Waals surface area contributed by atoms with Crippen LogP contribution < -0.4 is 5.32 Å². The second-order valence-corrected chi connectivity index (χ2v) is 6.96. The lowest BCUT2D eigenvalue weighted by atomic mass is 9.92. The summed E-state index contributed by atoms with van der Waals surface area (Å²) in [5, 5.41) is 14.2. The van der Waals surface area contributed by atoms with Crippen LogP contribution in [0.2, 0.25) is 0 Å². The lowest BCUT2D eigenvalue weighted by Crippen LogP contribution is -2.28. The van der Waals surface area contributed by atoms with E-state index >= 15 is 0 Å². The van der Waals surface area contributed by atoms with Gasteiger partial charge in [0, 0.05) is 24.7 Å². The predicted octanol–water partition coefficient (Wildman–Crippen LogP) is 3.25. The molecule has 4 rings (SSSR count). The van der Waals surface area contributed by atoms with Gasteiger partial charge in [0.1, 0.15) is 5.65 Å². The molecule has 3 aromatic rings. The summed E-state index contributed by atoms with van der Waals surface area (Å²) in [4.78, 5) is 4.47. The van der Waals surface area contributed by atoms with Crippen molar-refractivity contribution in [3.05, 3.63) is 71.7 Å². The first-order valence-corrected chi connectivity index (χ1v) is 8.54. The highest BCUT2D eigenvalue weighted by Gasteiger charge is 2.48. The summed E-state index contributed by atoms with van der Waals surface area (Å²) in [6.45, 7) is 3.66. The van der Waals surface area contributed by atoms with Gasteiger partial charge in [0.25, 0.3) is 0 Å². The van der Waals surface area contributed by atoms with Crippen LogP contribution >= 0.6 is 0 Å². The van der Waals surface area contributed by atoms with Crippen LogP contribution in [0.4, 0.5) is 0 Å². The first kappa shape index (κ1) is 15.4. The Labute approximate surface area is 142 Å². The standard InChI is InChI=1S/C20H23N3O/c1-15-7-10-23-17(13-22-18(23)11-15)12-21-14-20(8-9-20)19(24)16-5-3-2-4-6-16/h2-7,10-11,13,19,21,24H,8-9,12,14H2,1H3. The maximum absolute atomic E-state index is 10.7. The van der Waals surface area contributed by atoms with Gasteiger partial charge in [-0.15, -0.1) is 0 Å². The Kier molecular flexibility index (Phi) is 3.87. The van der Waals surface area contributed by atoms with E-state index in [-0.39, 0.29) is 5.41 Å². The zero-order chi connectivity index (χ0) is 16.6. The van der Waals surface area contributed by atoms with E-state index in [4.69, 9.17) is 0 Å². The predicted molar refractivity (Wildman–Crippen MR) is 94.7 cm³/mol. The van der Waals surface area contributed by atoms with Crippen molar-refractivity contribution in [2.24, 2.45) is 5.41 Å². The molecule has 1 aromatic carbocycles. The van der Waals surface area contributed by atoms with Gasteiger partial charge in [-0.25, -0.2) is 4.98 Å². The maximum Gasteiger partial charge on any atom is 0.137 e. The smallest absolute Gasteiger partial charge is 0.137 e. The Morgan fingerprint density at radius 3 is 2.79 bits per heavy atom. The lowest BCUT2D eigenvalue weighted by molar-refractivity contribution is 0.0916. The molecule has 1 unspecified atom stereocenters. The third-order valence-electron chi connectivity index (χ3n) is 5.12. The molecular formula is C20H23N3O. The molecule has 1 aliphatic rings. The minimum Gasteiger partial charge on any atom is -0.388 e. The molecule has 1 fully saturated rings. The zero-order valence-corrected chi connectivity index (χ0v) is 13.9. The first-order valence-electron chi connectivity index (χ1n) is 8.54. The number of aryl methyl sites for hydroxylation is 1. The van der Waals surface area contributed by atoms with Gasteiger partial charge in [-0.2, -0.15) is 0 Å². The van der Waals surface area contributed by atoms with Crippen molar-refractivity contribution in [3.63, 3.8) is 0 Å². The summed E-state index contributed by atoms with van der Waals surface area (Å²) in [5.41, 5.74) is 4.35. The molecule has 0 radical (unpaired) electrons.